The summed E-state index contributed by atoms with van der Waals surface area (Å²) in [6, 6.07) is 0.781. The quantitative estimate of drug-likeness (QED) is 0.632. The molecule has 3 N–H and O–H groups in total. The second kappa shape index (κ2) is 6.35. The lowest BCUT2D eigenvalue weighted by molar-refractivity contribution is -0.143. The molecule has 0 aromatic carbocycles. The van der Waals surface area contributed by atoms with Crippen LogP contribution in [0.1, 0.15) is 0 Å². The zero-order valence-corrected chi connectivity index (χ0v) is 9.54. The molecule has 98 valence electrons. The van der Waals surface area contributed by atoms with E-state index in [9.17, 15) is 14.4 Å². The van der Waals surface area contributed by atoms with Gasteiger partial charge in [-0.05, 0) is 0 Å². The first-order chi connectivity index (χ1) is 8.47. The molecule has 0 saturated carbocycles. The lowest BCUT2D eigenvalue weighted by Gasteiger charge is -2.04. The molecule has 0 saturated heterocycles. The Bertz CT molecular complexity index is 456. The Hall–Kier alpha value is -2.42. The number of aliphatic carboxylic acids is 1. The molecule has 0 atom stereocenters. The van der Waals surface area contributed by atoms with Gasteiger partial charge >= 0.3 is 12.0 Å². The molecule has 0 bridgehead atoms. The summed E-state index contributed by atoms with van der Waals surface area (Å²) in [4.78, 5) is 32.5. The molecule has 0 aliphatic carbocycles. The van der Waals surface area contributed by atoms with Crippen LogP contribution in [0.25, 0.3) is 0 Å². The van der Waals surface area contributed by atoms with Gasteiger partial charge in [0, 0.05) is 19.3 Å². The third kappa shape index (κ3) is 5.07. The van der Waals surface area contributed by atoms with Crippen molar-refractivity contribution >= 4 is 23.7 Å². The van der Waals surface area contributed by atoms with Crippen molar-refractivity contribution < 1.29 is 24.2 Å². The number of hydrogen-bond acceptors (Lipinski definition) is 5. The molecular weight excluding hydrogens is 244 g/mol. The van der Waals surface area contributed by atoms with Crippen molar-refractivity contribution in [3.63, 3.8) is 0 Å². The van der Waals surface area contributed by atoms with Gasteiger partial charge in [0.2, 0.25) is 0 Å². The van der Waals surface area contributed by atoms with Gasteiger partial charge in [-0.25, -0.2) is 9.59 Å². The first-order valence-corrected chi connectivity index (χ1v) is 4.87. The first kappa shape index (κ1) is 13.6. The number of carbonyl (C=O) groups excluding carboxylic acids is 2. The minimum atomic E-state index is -1.19. The van der Waals surface area contributed by atoms with Crippen LogP contribution in [-0.4, -0.2) is 46.0 Å². The number of anilines is 1. The third-order valence-electron chi connectivity index (χ3n) is 1.67. The molecule has 1 rings (SSSR count). The minimum absolute atomic E-state index is 0.286. The van der Waals surface area contributed by atoms with Crippen LogP contribution in [0.3, 0.4) is 0 Å². The van der Waals surface area contributed by atoms with Crippen LogP contribution < -0.4 is 10.6 Å². The number of aryl methyl sites for hydroxylation is 1. The lowest BCUT2D eigenvalue weighted by Crippen LogP contribution is -2.37. The van der Waals surface area contributed by atoms with E-state index in [4.69, 9.17) is 5.11 Å². The maximum atomic E-state index is 11.3. The summed E-state index contributed by atoms with van der Waals surface area (Å²) < 4.78 is 5.98. The topological polar surface area (TPSA) is 123 Å². The van der Waals surface area contributed by atoms with Crippen LogP contribution in [0.5, 0.6) is 0 Å². The van der Waals surface area contributed by atoms with Crippen LogP contribution in [-0.2, 0) is 21.4 Å². The van der Waals surface area contributed by atoms with Crippen molar-refractivity contribution in [3.8, 4) is 0 Å². The normalized spacial score (nSPS) is 9.83. The van der Waals surface area contributed by atoms with Crippen molar-refractivity contribution in [2.75, 3.05) is 18.5 Å². The largest absolute Gasteiger partial charge is 0.480 e. The Morgan fingerprint density at radius 3 is 2.72 bits per heavy atom. The molecule has 9 heteroatoms. The molecule has 1 aromatic rings. The number of carboxylic acids is 1. The molecule has 0 aliphatic heterocycles. The second-order valence-electron chi connectivity index (χ2n) is 3.26. The number of hydrogen-bond donors (Lipinski definition) is 3. The summed E-state index contributed by atoms with van der Waals surface area (Å²) in [6.07, 6.45) is 1.62. The van der Waals surface area contributed by atoms with Gasteiger partial charge in [-0.1, -0.05) is 0 Å². The van der Waals surface area contributed by atoms with E-state index < -0.39 is 31.1 Å². The van der Waals surface area contributed by atoms with Crippen molar-refractivity contribution in [2.45, 2.75) is 0 Å². The smallest absolute Gasteiger partial charge is 0.329 e. The number of aromatic nitrogens is 2. The molecule has 18 heavy (non-hydrogen) atoms. The molecule has 0 radical (unpaired) electrons. The highest BCUT2D eigenvalue weighted by atomic mass is 16.5. The molecular formula is C9H12N4O5. The predicted octanol–water partition coefficient (Wildman–Crippen LogP) is -0.831. The molecule has 1 heterocycles. The maximum Gasteiger partial charge on any atom is 0.329 e. The van der Waals surface area contributed by atoms with Gasteiger partial charge in [0.05, 0.1) is 0 Å². The summed E-state index contributed by atoms with van der Waals surface area (Å²) >= 11 is 0. The first-order valence-electron chi connectivity index (χ1n) is 4.87. The molecule has 0 fully saturated rings. The number of carboxylic acid groups (broad SMARTS) is 1. The number of ether oxygens (including phenoxy) is 1. The van der Waals surface area contributed by atoms with Gasteiger partial charge in [-0.2, -0.15) is 5.10 Å². The highest BCUT2D eigenvalue weighted by Crippen LogP contribution is 1.99. The summed E-state index contributed by atoms with van der Waals surface area (Å²) in [5.74, 6) is -1.65. The number of amides is 3. The van der Waals surface area contributed by atoms with Gasteiger partial charge in [-0.15, -0.1) is 0 Å². The second-order valence-corrected chi connectivity index (χ2v) is 3.26. The van der Waals surface area contributed by atoms with E-state index in [1.165, 1.54) is 4.68 Å². The van der Waals surface area contributed by atoms with E-state index >= 15 is 0 Å². The van der Waals surface area contributed by atoms with Crippen LogP contribution in [0.2, 0.25) is 0 Å². The van der Waals surface area contributed by atoms with Crippen molar-refractivity contribution in [2.24, 2.45) is 7.05 Å². The van der Waals surface area contributed by atoms with Crippen molar-refractivity contribution in [3.05, 3.63) is 12.3 Å². The SMILES string of the molecule is Cn1ccc(NC(=O)NC(=O)COCC(=O)O)n1. The van der Waals surface area contributed by atoms with E-state index in [0.29, 0.717) is 0 Å². The van der Waals surface area contributed by atoms with E-state index in [0.717, 1.165) is 0 Å². The molecule has 0 unspecified atom stereocenters. The fourth-order valence-electron chi connectivity index (χ4n) is 1.02. The van der Waals surface area contributed by atoms with Gasteiger partial charge in [0.15, 0.2) is 5.82 Å². The van der Waals surface area contributed by atoms with Gasteiger partial charge < -0.3 is 9.84 Å². The van der Waals surface area contributed by atoms with Crippen LogP contribution >= 0.6 is 0 Å². The van der Waals surface area contributed by atoms with E-state index in [2.05, 4.69) is 15.2 Å². The highest BCUT2D eigenvalue weighted by molar-refractivity contribution is 6.01. The highest BCUT2D eigenvalue weighted by Gasteiger charge is 2.09. The van der Waals surface area contributed by atoms with Crippen molar-refractivity contribution in [1.82, 2.24) is 15.1 Å². The Morgan fingerprint density at radius 1 is 1.44 bits per heavy atom. The standard InChI is InChI=1S/C9H12N4O5/c1-13-3-2-6(12-13)10-9(17)11-7(14)4-18-5-8(15)16/h2-3H,4-5H2,1H3,(H,15,16)(H2,10,11,12,14,17). The zero-order valence-electron chi connectivity index (χ0n) is 9.54. The number of urea groups is 1. The Morgan fingerprint density at radius 2 is 2.17 bits per heavy atom. The van der Waals surface area contributed by atoms with Crippen molar-refractivity contribution in [1.29, 1.82) is 0 Å². The van der Waals surface area contributed by atoms with E-state index in [1.807, 2.05) is 5.32 Å². The number of imide groups is 1. The Labute approximate surface area is 102 Å². The monoisotopic (exact) mass is 256 g/mol. The molecule has 1 aromatic heterocycles. The Kier molecular flexibility index (Phi) is 4.81. The maximum absolute atomic E-state index is 11.3. The van der Waals surface area contributed by atoms with E-state index in [-0.39, 0.29) is 5.82 Å². The summed E-state index contributed by atoms with van der Waals surface area (Å²) in [6.45, 7) is -1.11. The minimum Gasteiger partial charge on any atom is -0.480 e. The molecule has 3 amide bonds. The lowest BCUT2D eigenvalue weighted by atomic mass is 10.6. The van der Waals surface area contributed by atoms with Crippen LogP contribution in [0.15, 0.2) is 12.3 Å². The average Bonchev–Trinajstić information content (AvgIpc) is 2.62. The zero-order chi connectivity index (χ0) is 13.5. The number of nitrogens with zero attached hydrogens (tertiary/aromatic N) is 2. The third-order valence-corrected chi connectivity index (χ3v) is 1.67. The molecule has 0 spiro atoms. The molecule has 0 aliphatic rings. The Balaban J connectivity index is 2.27. The summed E-state index contributed by atoms with van der Waals surface area (Å²) in [7, 11) is 1.67. The fraction of sp³-hybridized carbons (Fsp3) is 0.333. The van der Waals surface area contributed by atoms with Gasteiger partial charge in [-0.3, -0.25) is 20.1 Å². The number of rotatable bonds is 5. The number of carbonyl (C=O) groups is 3. The summed E-state index contributed by atoms with van der Waals surface area (Å²) in [5.41, 5.74) is 0. The van der Waals surface area contributed by atoms with Crippen LogP contribution in [0.4, 0.5) is 10.6 Å². The fourth-order valence-corrected chi connectivity index (χ4v) is 1.02. The van der Waals surface area contributed by atoms with Gasteiger partial charge in [0.1, 0.15) is 13.2 Å². The predicted molar refractivity (Wildman–Crippen MR) is 58.8 cm³/mol. The summed E-state index contributed by atoms with van der Waals surface area (Å²) in [5, 5.41) is 16.4. The van der Waals surface area contributed by atoms with Crippen LogP contribution in [0, 0.1) is 0 Å². The average molecular weight is 256 g/mol. The van der Waals surface area contributed by atoms with E-state index in [1.54, 1.807) is 19.3 Å². The molecule has 9 nitrogen and oxygen atoms in total. The number of nitrogens with one attached hydrogen (secondary N) is 2. The van der Waals surface area contributed by atoms with Gasteiger partial charge in [0.25, 0.3) is 5.91 Å².